The maximum absolute atomic E-state index is 12.7. The van der Waals surface area contributed by atoms with E-state index in [1.165, 1.54) is 6.20 Å². The van der Waals surface area contributed by atoms with Gasteiger partial charge in [-0.25, -0.2) is 4.98 Å². The van der Waals surface area contributed by atoms with Gasteiger partial charge in [-0.05, 0) is 37.9 Å². The second-order valence-corrected chi connectivity index (χ2v) is 7.44. The van der Waals surface area contributed by atoms with Crippen LogP contribution in [-0.4, -0.2) is 39.4 Å². The first-order chi connectivity index (χ1) is 15.0. The van der Waals surface area contributed by atoms with E-state index in [0.717, 1.165) is 17.3 Å². The topological polar surface area (TPSA) is 152 Å². The molecule has 7 N–H and O–H groups in total. The number of pyridine rings is 1. The molecule has 2 aromatic heterocycles. The summed E-state index contributed by atoms with van der Waals surface area (Å²) in [6.45, 7) is 2.50. The molecule has 0 bridgehead atoms. The van der Waals surface area contributed by atoms with Gasteiger partial charge in [-0.1, -0.05) is 31.5 Å². The smallest absolute Gasteiger partial charge is 0.273 e. The number of benzene rings is 1. The highest BCUT2D eigenvalue weighted by Gasteiger charge is 2.22. The van der Waals surface area contributed by atoms with Gasteiger partial charge in [-0.15, -0.1) is 0 Å². The average molecular weight is 424 g/mol. The van der Waals surface area contributed by atoms with Crippen LogP contribution >= 0.6 is 0 Å². The van der Waals surface area contributed by atoms with Crippen LogP contribution in [0.3, 0.4) is 0 Å². The number of para-hydroxylation sites is 1. The Morgan fingerprint density at radius 2 is 1.97 bits per heavy atom. The number of nitrogens with two attached hydrogens (primary N) is 2. The predicted molar refractivity (Wildman–Crippen MR) is 120 cm³/mol. The molecule has 164 valence electrons. The first kappa shape index (κ1) is 22.4. The lowest BCUT2D eigenvalue weighted by Crippen LogP contribution is -2.42. The zero-order chi connectivity index (χ0) is 22.2. The SMILES string of the molecule is CCC[C@@H](NC(=O)[C@H](N)CCCN)c1ncc(C(=O)Nc2cnc3ccccc3c2)[nH]1. The van der Waals surface area contributed by atoms with Crippen LogP contribution in [0.2, 0.25) is 0 Å². The fourth-order valence-corrected chi connectivity index (χ4v) is 3.28. The van der Waals surface area contributed by atoms with Crippen LogP contribution in [0.1, 0.15) is 55.0 Å². The summed E-state index contributed by atoms with van der Waals surface area (Å²) in [6, 6.07) is 8.55. The predicted octanol–water partition coefficient (Wildman–Crippen LogP) is 2.23. The van der Waals surface area contributed by atoms with Crippen molar-refractivity contribution in [1.82, 2.24) is 20.3 Å². The summed E-state index contributed by atoms with van der Waals surface area (Å²) in [6.07, 6.45) is 5.77. The first-order valence-corrected chi connectivity index (χ1v) is 10.5. The largest absolute Gasteiger partial charge is 0.345 e. The van der Waals surface area contributed by atoms with Crippen molar-refractivity contribution in [2.45, 2.75) is 44.7 Å². The van der Waals surface area contributed by atoms with E-state index in [-0.39, 0.29) is 17.9 Å². The molecule has 3 rings (SSSR count). The van der Waals surface area contributed by atoms with Gasteiger partial charge in [0.05, 0.1) is 35.7 Å². The molecule has 0 spiro atoms. The van der Waals surface area contributed by atoms with Crippen LogP contribution in [0.25, 0.3) is 10.9 Å². The quantitative estimate of drug-likeness (QED) is 0.337. The number of carbonyl (C=O) groups excluding carboxylic acids is 2. The fraction of sp³-hybridized carbons (Fsp3) is 0.364. The van der Waals surface area contributed by atoms with Crippen LogP contribution in [0.4, 0.5) is 5.69 Å². The molecule has 9 heteroatoms. The minimum Gasteiger partial charge on any atom is -0.345 e. The number of fused-ring (bicyclic) bond motifs is 1. The van der Waals surface area contributed by atoms with Crippen LogP contribution in [0.15, 0.2) is 42.7 Å². The Morgan fingerprint density at radius 1 is 1.16 bits per heavy atom. The van der Waals surface area contributed by atoms with E-state index in [4.69, 9.17) is 11.5 Å². The van der Waals surface area contributed by atoms with Crippen molar-refractivity contribution < 1.29 is 9.59 Å². The second-order valence-electron chi connectivity index (χ2n) is 7.44. The number of H-pyrrole nitrogens is 1. The Labute approximate surface area is 181 Å². The molecule has 2 atom stereocenters. The number of rotatable bonds is 10. The molecule has 0 saturated heterocycles. The lowest BCUT2D eigenvalue weighted by Gasteiger charge is -2.19. The number of nitrogens with one attached hydrogen (secondary N) is 3. The highest BCUT2D eigenvalue weighted by molar-refractivity contribution is 6.03. The summed E-state index contributed by atoms with van der Waals surface area (Å²) in [5, 5.41) is 6.68. The third-order valence-electron chi connectivity index (χ3n) is 4.97. The molecule has 2 amide bonds. The molecule has 0 fully saturated rings. The van der Waals surface area contributed by atoms with Gasteiger partial charge in [0.2, 0.25) is 5.91 Å². The molecule has 2 heterocycles. The van der Waals surface area contributed by atoms with Crippen molar-refractivity contribution in [1.29, 1.82) is 0 Å². The molecule has 9 nitrogen and oxygen atoms in total. The molecular formula is C22H29N7O2. The fourth-order valence-electron chi connectivity index (χ4n) is 3.28. The molecule has 0 aliphatic rings. The average Bonchev–Trinajstić information content (AvgIpc) is 3.27. The number of hydrogen-bond acceptors (Lipinski definition) is 6. The molecule has 0 radical (unpaired) electrons. The van der Waals surface area contributed by atoms with Crippen molar-refractivity contribution >= 4 is 28.4 Å². The van der Waals surface area contributed by atoms with Gasteiger partial charge >= 0.3 is 0 Å². The maximum atomic E-state index is 12.7. The minimum absolute atomic E-state index is 0.253. The van der Waals surface area contributed by atoms with Crippen LogP contribution in [0, 0.1) is 0 Å². The van der Waals surface area contributed by atoms with Crippen molar-refractivity contribution in [3.63, 3.8) is 0 Å². The summed E-state index contributed by atoms with van der Waals surface area (Å²) < 4.78 is 0. The second kappa shape index (κ2) is 10.6. The van der Waals surface area contributed by atoms with Gasteiger partial charge in [-0.3, -0.25) is 14.6 Å². The number of amides is 2. The van der Waals surface area contributed by atoms with E-state index in [1.807, 2.05) is 37.3 Å². The van der Waals surface area contributed by atoms with E-state index in [1.54, 1.807) is 6.20 Å². The number of hydrogen-bond donors (Lipinski definition) is 5. The van der Waals surface area contributed by atoms with Crippen molar-refractivity contribution in [2.24, 2.45) is 11.5 Å². The summed E-state index contributed by atoms with van der Waals surface area (Å²) >= 11 is 0. The monoisotopic (exact) mass is 423 g/mol. The van der Waals surface area contributed by atoms with E-state index < -0.39 is 6.04 Å². The third-order valence-corrected chi connectivity index (χ3v) is 4.97. The summed E-state index contributed by atoms with van der Waals surface area (Å²) in [4.78, 5) is 36.7. The Kier molecular flexibility index (Phi) is 7.69. The van der Waals surface area contributed by atoms with E-state index >= 15 is 0 Å². The number of anilines is 1. The number of carbonyl (C=O) groups is 2. The maximum Gasteiger partial charge on any atom is 0.273 e. The van der Waals surface area contributed by atoms with Crippen LogP contribution in [-0.2, 0) is 4.79 Å². The molecule has 31 heavy (non-hydrogen) atoms. The van der Waals surface area contributed by atoms with Crippen molar-refractivity contribution in [2.75, 3.05) is 11.9 Å². The molecular weight excluding hydrogens is 394 g/mol. The standard InChI is InChI=1S/C22H29N7O2/c1-2-6-18(29-21(30)16(24)8-5-10-23)20-26-13-19(28-20)22(31)27-15-11-14-7-3-4-9-17(14)25-12-15/h3-4,7,9,11-13,16,18H,2,5-6,8,10,23-24H2,1H3,(H,26,28)(H,27,31)(H,29,30)/t16-,18-/m1/s1. The Balaban J connectivity index is 1.68. The Morgan fingerprint density at radius 3 is 2.74 bits per heavy atom. The molecule has 3 aromatic rings. The van der Waals surface area contributed by atoms with Gasteiger partial charge < -0.3 is 27.1 Å². The van der Waals surface area contributed by atoms with Gasteiger partial charge in [-0.2, -0.15) is 0 Å². The molecule has 1 aromatic carbocycles. The Bertz CT molecular complexity index is 1030. The number of imidazole rings is 1. The zero-order valence-electron chi connectivity index (χ0n) is 17.6. The normalized spacial score (nSPS) is 13.0. The zero-order valence-corrected chi connectivity index (χ0v) is 17.6. The highest BCUT2D eigenvalue weighted by Crippen LogP contribution is 2.19. The van der Waals surface area contributed by atoms with E-state index in [0.29, 0.717) is 43.0 Å². The van der Waals surface area contributed by atoms with Gasteiger partial charge in [0.25, 0.3) is 5.91 Å². The number of aromatic amines is 1. The Hall–Kier alpha value is -3.30. The summed E-state index contributed by atoms with van der Waals surface area (Å²) in [7, 11) is 0. The lowest BCUT2D eigenvalue weighted by molar-refractivity contribution is -0.123. The molecule has 0 unspecified atom stereocenters. The van der Waals surface area contributed by atoms with Gasteiger partial charge in [0.1, 0.15) is 11.5 Å². The summed E-state index contributed by atoms with van der Waals surface area (Å²) in [5.41, 5.74) is 13.2. The third kappa shape index (κ3) is 5.87. The van der Waals surface area contributed by atoms with Crippen molar-refractivity contribution in [3.05, 3.63) is 54.2 Å². The van der Waals surface area contributed by atoms with E-state index in [9.17, 15) is 9.59 Å². The highest BCUT2D eigenvalue weighted by atomic mass is 16.2. The van der Waals surface area contributed by atoms with Gasteiger partial charge in [0, 0.05) is 5.39 Å². The number of aromatic nitrogens is 3. The molecule has 0 aliphatic carbocycles. The minimum atomic E-state index is -0.624. The first-order valence-electron chi connectivity index (χ1n) is 10.5. The number of nitrogens with zero attached hydrogens (tertiary/aromatic N) is 2. The molecule has 0 aliphatic heterocycles. The van der Waals surface area contributed by atoms with Crippen molar-refractivity contribution in [3.8, 4) is 0 Å². The van der Waals surface area contributed by atoms with E-state index in [2.05, 4.69) is 25.6 Å². The molecule has 0 saturated carbocycles. The summed E-state index contributed by atoms with van der Waals surface area (Å²) in [5.74, 6) is -0.0726. The van der Waals surface area contributed by atoms with Crippen LogP contribution < -0.4 is 22.1 Å². The lowest BCUT2D eigenvalue weighted by atomic mass is 10.1. The van der Waals surface area contributed by atoms with Gasteiger partial charge in [0.15, 0.2) is 0 Å². The van der Waals surface area contributed by atoms with Crippen LogP contribution in [0.5, 0.6) is 0 Å².